The SMILES string of the molecule is CCOc1cccc(N2CC[C@H]3CNC[C@H]32)n1. The number of fused-ring (bicyclic) bond motifs is 1. The molecule has 3 heterocycles. The maximum atomic E-state index is 5.46. The van der Waals surface area contributed by atoms with Crippen LogP contribution in [0.15, 0.2) is 18.2 Å². The van der Waals surface area contributed by atoms with E-state index in [9.17, 15) is 0 Å². The molecule has 3 rings (SSSR count). The Morgan fingerprint density at radius 2 is 2.41 bits per heavy atom. The Morgan fingerprint density at radius 1 is 1.47 bits per heavy atom. The molecule has 1 aromatic rings. The summed E-state index contributed by atoms with van der Waals surface area (Å²) in [4.78, 5) is 7.00. The molecule has 0 unspecified atom stereocenters. The molecule has 0 bridgehead atoms. The second kappa shape index (κ2) is 4.53. The maximum Gasteiger partial charge on any atom is 0.215 e. The van der Waals surface area contributed by atoms with Gasteiger partial charge in [-0.3, -0.25) is 0 Å². The average Bonchev–Trinajstić information content (AvgIpc) is 2.91. The molecule has 0 aliphatic carbocycles. The number of hydrogen-bond acceptors (Lipinski definition) is 4. The highest BCUT2D eigenvalue weighted by Gasteiger charge is 2.38. The van der Waals surface area contributed by atoms with Gasteiger partial charge in [0, 0.05) is 31.7 Å². The van der Waals surface area contributed by atoms with Crippen LogP contribution in [-0.2, 0) is 0 Å². The molecule has 2 atom stereocenters. The first-order valence-electron chi connectivity index (χ1n) is 6.45. The molecule has 0 amide bonds. The number of nitrogens with zero attached hydrogens (tertiary/aromatic N) is 2. The predicted molar refractivity (Wildman–Crippen MR) is 67.5 cm³/mol. The zero-order chi connectivity index (χ0) is 11.7. The third kappa shape index (κ3) is 1.97. The average molecular weight is 233 g/mol. The highest BCUT2D eigenvalue weighted by molar-refractivity contribution is 5.44. The molecule has 2 saturated heterocycles. The van der Waals surface area contributed by atoms with Crippen molar-refractivity contribution >= 4 is 5.82 Å². The van der Waals surface area contributed by atoms with E-state index in [0.29, 0.717) is 12.6 Å². The number of nitrogens with one attached hydrogen (secondary N) is 1. The van der Waals surface area contributed by atoms with E-state index in [1.54, 1.807) is 0 Å². The van der Waals surface area contributed by atoms with Crippen LogP contribution >= 0.6 is 0 Å². The van der Waals surface area contributed by atoms with Gasteiger partial charge in [0.15, 0.2) is 0 Å². The molecule has 0 spiro atoms. The van der Waals surface area contributed by atoms with E-state index < -0.39 is 0 Å². The van der Waals surface area contributed by atoms with Gasteiger partial charge < -0.3 is 15.0 Å². The minimum atomic E-state index is 0.624. The fraction of sp³-hybridized carbons (Fsp3) is 0.615. The molecule has 1 N–H and O–H groups in total. The molecule has 17 heavy (non-hydrogen) atoms. The Kier molecular flexibility index (Phi) is 2.89. The number of aromatic nitrogens is 1. The van der Waals surface area contributed by atoms with Crippen molar-refractivity contribution in [2.75, 3.05) is 31.1 Å². The summed E-state index contributed by atoms with van der Waals surface area (Å²) in [6.07, 6.45) is 1.28. The van der Waals surface area contributed by atoms with Crippen LogP contribution in [-0.4, -0.2) is 37.3 Å². The number of anilines is 1. The molecule has 0 saturated carbocycles. The molecular weight excluding hydrogens is 214 g/mol. The Bertz CT molecular complexity index is 396. The van der Waals surface area contributed by atoms with Gasteiger partial charge in [-0.15, -0.1) is 0 Å². The molecular formula is C13H19N3O. The van der Waals surface area contributed by atoms with E-state index in [4.69, 9.17) is 4.74 Å². The Morgan fingerprint density at radius 3 is 3.29 bits per heavy atom. The van der Waals surface area contributed by atoms with E-state index in [-0.39, 0.29) is 0 Å². The molecule has 0 radical (unpaired) electrons. The minimum absolute atomic E-state index is 0.624. The summed E-state index contributed by atoms with van der Waals surface area (Å²) in [6, 6.07) is 6.67. The summed E-state index contributed by atoms with van der Waals surface area (Å²) in [7, 11) is 0. The van der Waals surface area contributed by atoms with Crippen LogP contribution < -0.4 is 15.0 Å². The third-order valence-corrected chi connectivity index (χ3v) is 3.74. The fourth-order valence-electron chi connectivity index (χ4n) is 2.93. The van der Waals surface area contributed by atoms with Gasteiger partial charge in [-0.25, -0.2) is 0 Å². The van der Waals surface area contributed by atoms with Crippen molar-refractivity contribution in [3.8, 4) is 5.88 Å². The minimum Gasteiger partial charge on any atom is -0.478 e. The summed E-state index contributed by atoms with van der Waals surface area (Å²) >= 11 is 0. The van der Waals surface area contributed by atoms with Crippen molar-refractivity contribution in [1.82, 2.24) is 10.3 Å². The van der Waals surface area contributed by atoms with Gasteiger partial charge in [0.1, 0.15) is 5.82 Å². The third-order valence-electron chi connectivity index (χ3n) is 3.74. The molecule has 2 aliphatic heterocycles. The zero-order valence-corrected chi connectivity index (χ0v) is 10.2. The van der Waals surface area contributed by atoms with Crippen molar-refractivity contribution in [1.29, 1.82) is 0 Å². The van der Waals surface area contributed by atoms with E-state index >= 15 is 0 Å². The standard InChI is InChI=1S/C13H19N3O/c1-2-17-13-5-3-4-12(15-13)16-7-6-10-8-14-9-11(10)16/h3-5,10-11,14H,2,6-9H2,1H3/t10-,11+/m0/s1. The molecule has 2 fully saturated rings. The summed E-state index contributed by atoms with van der Waals surface area (Å²) in [5, 5.41) is 3.46. The Labute approximate surface area is 102 Å². The van der Waals surface area contributed by atoms with E-state index in [1.165, 1.54) is 6.42 Å². The molecule has 0 aromatic carbocycles. The van der Waals surface area contributed by atoms with Crippen molar-refractivity contribution in [3.05, 3.63) is 18.2 Å². The molecule has 92 valence electrons. The van der Waals surface area contributed by atoms with Gasteiger partial charge in [-0.1, -0.05) is 6.07 Å². The summed E-state index contributed by atoms with van der Waals surface area (Å²) in [5.41, 5.74) is 0. The Hall–Kier alpha value is -1.29. The van der Waals surface area contributed by atoms with E-state index in [1.807, 2.05) is 19.1 Å². The second-order valence-electron chi connectivity index (χ2n) is 4.73. The van der Waals surface area contributed by atoms with Gasteiger partial charge in [0.25, 0.3) is 0 Å². The normalized spacial score (nSPS) is 27.2. The molecule has 1 aromatic heterocycles. The number of rotatable bonds is 3. The number of pyridine rings is 1. The van der Waals surface area contributed by atoms with Crippen molar-refractivity contribution < 1.29 is 4.74 Å². The quantitative estimate of drug-likeness (QED) is 0.853. The van der Waals surface area contributed by atoms with Crippen molar-refractivity contribution in [2.24, 2.45) is 5.92 Å². The van der Waals surface area contributed by atoms with Crippen LogP contribution in [0.3, 0.4) is 0 Å². The lowest BCUT2D eigenvalue weighted by atomic mass is 10.1. The second-order valence-corrected chi connectivity index (χ2v) is 4.73. The lowest BCUT2D eigenvalue weighted by Gasteiger charge is -2.24. The smallest absolute Gasteiger partial charge is 0.215 e. The Balaban J connectivity index is 1.81. The van der Waals surface area contributed by atoms with Crippen LogP contribution in [0.4, 0.5) is 5.82 Å². The first-order valence-corrected chi connectivity index (χ1v) is 6.45. The highest BCUT2D eigenvalue weighted by Crippen LogP contribution is 2.31. The summed E-state index contributed by atoms with van der Waals surface area (Å²) in [5.74, 6) is 2.60. The number of hydrogen-bond donors (Lipinski definition) is 1. The highest BCUT2D eigenvalue weighted by atomic mass is 16.5. The zero-order valence-electron chi connectivity index (χ0n) is 10.2. The van der Waals surface area contributed by atoms with Gasteiger partial charge in [0.05, 0.1) is 6.61 Å². The number of ether oxygens (including phenoxy) is 1. The first kappa shape index (κ1) is 10.8. The fourth-order valence-corrected chi connectivity index (χ4v) is 2.93. The van der Waals surface area contributed by atoms with Crippen LogP contribution in [0, 0.1) is 5.92 Å². The lowest BCUT2D eigenvalue weighted by Crippen LogP contribution is -2.34. The van der Waals surface area contributed by atoms with Crippen LogP contribution in [0.1, 0.15) is 13.3 Å². The largest absolute Gasteiger partial charge is 0.478 e. The lowest BCUT2D eigenvalue weighted by molar-refractivity contribution is 0.327. The van der Waals surface area contributed by atoms with E-state index in [2.05, 4.69) is 21.3 Å². The topological polar surface area (TPSA) is 37.4 Å². The van der Waals surface area contributed by atoms with E-state index in [0.717, 1.165) is 37.3 Å². The van der Waals surface area contributed by atoms with Crippen molar-refractivity contribution in [2.45, 2.75) is 19.4 Å². The van der Waals surface area contributed by atoms with Gasteiger partial charge in [-0.05, 0) is 25.3 Å². The molecule has 4 nitrogen and oxygen atoms in total. The summed E-state index contributed by atoms with van der Waals surface area (Å²) < 4.78 is 5.46. The van der Waals surface area contributed by atoms with Crippen LogP contribution in [0.2, 0.25) is 0 Å². The van der Waals surface area contributed by atoms with Crippen molar-refractivity contribution in [3.63, 3.8) is 0 Å². The van der Waals surface area contributed by atoms with Gasteiger partial charge in [0.2, 0.25) is 5.88 Å². The van der Waals surface area contributed by atoms with Gasteiger partial charge in [-0.2, -0.15) is 4.98 Å². The maximum absolute atomic E-state index is 5.46. The monoisotopic (exact) mass is 233 g/mol. The molecule has 4 heteroatoms. The first-order chi connectivity index (χ1) is 8.38. The molecule has 2 aliphatic rings. The van der Waals surface area contributed by atoms with Crippen LogP contribution in [0.25, 0.3) is 0 Å². The predicted octanol–water partition coefficient (Wildman–Crippen LogP) is 1.28. The van der Waals surface area contributed by atoms with Gasteiger partial charge >= 0.3 is 0 Å². The van der Waals surface area contributed by atoms with Crippen LogP contribution in [0.5, 0.6) is 5.88 Å². The summed E-state index contributed by atoms with van der Waals surface area (Å²) in [6.45, 7) is 6.03.